The molecular formula is C19H29N3O2. The van der Waals surface area contributed by atoms with E-state index >= 15 is 0 Å². The van der Waals surface area contributed by atoms with E-state index in [2.05, 4.69) is 29.0 Å². The summed E-state index contributed by atoms with van der Waals surface area (Å²) in [4.78, 5) is 20.9. The molecule has 0 spiro atoms. The summed E-state index contributed by atoms with van der Waals surface area (Å²) in [7, 11) is 0. The van der Waals surface area contributed by atoms with Crippen LogP contribution in [0.5, 0.6) is 0 Å². The van der Waals surface area contributed by atoms with E-state index in [0.717, 1.165) is 30.9 Å². The van der Waals surface area contributed by atoms with Crippen LogP contribution in [0.3, 0.4) is 0 Å². The van der Waals surface area contributed by atoms with Gasteiger partial charge in [-0.05, 0) is 51.3 Å². The molecule has 0 N–H and O–H groups in total. The van der Waals surface area contributed by atoms with Crippen LogP contribution >= 0.6 is 0 Å². The van der Waals surface area contributed by atoms with Crippen molar-refractivity contribution in [3.63, 3.8) is 0 Å². The molecule has 0 bridgehead atoms. The number of allylic oxidation sites excluding steroid dienone is 1. The summed E-state index contributed by atoms with van der Waals surface area (Å²) in [6.45, 7) is 12.7. The molecule has 1 saturated heterocycles. The number of pyridine rings is 1. The minimum absolute atomic E-state index is 0.228. The van der Waals surface area contributed by atoms with E-state index in [4.69, 9.17) is 4.74 Å². The van der Waals surface area contributed by atoms with Gasteiger partial charge in [0.25, 0.3) is 0 Å². The van der Waals surface area contributed by atoms with Crippen LogP contribution < -0.4 is 4.90 Å². The quantitative estimate of drug-likeness (QED) is 0.846. The number of rotatable bonds is 3. The number of ether oxygens (including phenoxy) is 1. The minimum Gasteiger partial charge on any atom is -0.444 e. The largest absolute Gasteiger partial charge is 0.444 e. The Labute approximate surface area is 145 Å². The zero-order valence-electron chi connectivity index (χ0n) is 15.5. The fourth-order valence-electron chi connectivity index (χ4n) is 2.78. The lowest BCUT2D eigenvalue weighted by molar-refractivity contribution is 0.0240. The van der Waals surface area contributed by atoms with Crippen molar-refractivity contribution in [3.05, 3.63) is 29.5 Å². The van der Waals surface area contributed by atoms with Gasteiger partial charge in [0.2, 0.25) is 0 Å². The summed E-state index contributed by atoms with van der Waals surface area (Å²) in [5.41, 5.74) is 1.93. The second-order valence-electron chi connectivity index (χ2n) is 7.06. The smallest absolute Gasteiger partial charge is 0.410 e. The number of aryl methyl sites for hydroxylation is 1. The van der Waals surface area contributed by atoms with E-state index in [9.17, 15) is 4.79 Å². The average molecular weight is 331 g/mol. The SMILES string of the molecule is C/C=C\c1cnc(N2CCN(C(=O)OC(C)(C)C)CC2)c(CC)c1. The Morgan fingerprint density at radius 2 is 1.96 bits per heavy atom. The Hall–Kier alpha value is -2.04. The molecule has 0 unspecified atom stereocenters. The van der Waals surface area contributed by atoms with E-state index in [1.54, 1.807) is 4.90 Å². The van der Waals surface area contributed by atoms with Crippen LogP contribution in [0.2, 0.25) is 0 Å². The molecular weight excluding hydrogens is 302 g/mol. The maximum atomic E-state index is 12.2. The zero-order valence-corrected chi connectivity index (χ0v) is 15.5. The van der Waals surface area contributed by atoms with E-state index in [-0.39, 0.29) is 6.09 Å². The highest BCUT2D eigenvalue weighted by Crippen LogP contribution is 2.22. The predicted molar refractivity (Wildman–Crippen MR) is 98.3 cm³/mol. The molecule has 2 heterocycles. The van der Waals surface area contributed by atoms with E-state index < -0.39 is 5.60 Å². The maximum absolute atomic E-state index is 12.2. The first-order chi connectivity index (χ1) is 11.3. The molecule has 0 saturated carbocycles. The molecule has 1 aromatic heterocycles. The molecule has 1 aliphatic rings. The standard InChI is InChI=1S/C19H29N3O2/c1-6-8-15-13-16(7-2)17(20-14-15)21-9-11-22(12-10-21)18(23)24-19(3,4)5/h6,8,13-14H,7,9-12H2,1-5H3/b8-6-. The average Bonchev–Trinajstić information content (AvgIpc) is 2.53. The predicted octanol–water partition coefficient (Wildman–Crippen LogP) is 3.73. The van der Waals surface area contributed by atoms with Crippen molar-refractivity contribution >= 4 is 18.0 Å². The van der Waals surface area contributed by atoms with Crippen LogP contribution in [0.4, 0.5) is 10.6 Å². The summed E-state index contributed by atoms with van der Waals surface area (Å²) in [5, 5.41) is 0. The highest BCUT2D eigenvalue weighted by molar-refractivity contribution is 5.68. The number of hydrogen-bond acceptors (Lipinski definition) is 4. The Bertz CT molecular complexity index is 597. The number of aromatic nitrogens is 1. The summed E-state index contributed by atoms with van der Waals surface area (Å²) in [6, 6.07) is 2.20. The van der Waals surface area contributed by atoms with Gasteiger partial charge in [0.15, 0.2) is 0 Å². The number of nitrogens with zero attached hydrogens (tertiary/aromatic N) is 3. The molecule has 1 aliphatic heterocycles. The van der Waals surface area contributed by atoms with Crippen LogP contribution in [-0.4, -0.2) is 47.8 Å². The number of hydrogen-bond donors (Lipinski definition) is 0. The Kier molecular flexibility index (Phi) is 5.86. The minimum atomic E-state index is -0.451. The van der Waals surface area contributed by atoms with Crippen molar-refractivity contribution in [2.45, 2.75) is 46.6 Å². The third-order valence-electron chi connectivity index (χ3n) is 3.93. The lowest BCUT2D eigenvalue weighted by Gasteiger charge is -2.36. The molecule has 5 heteroatoms. The van der Waals surface area contributed by atoms with Gasteiger partial charge >= 0.3 is 6.09 Å². The molecule has 1 aromatic rings. The normalized spacial score (nSPS) is 15.9. The molecule has 1 amide bonds. The van der Waals surface area contributed by atoms with Gasteiger partial charge in [0, 0.05) is 32.4 Å². The first kappa shape index (κ1) is 18.3. The highest BCUT2D eigenvalue weighted by Gasteiger charge is 2.26. The Morgan fingerprint density at radius 3 is 2.50 bits per heavy atom. The molecule has 0 atom stereocenters. The molecule has 132 valence electrons. The Balaban J connectivity index is 2.03. The summed E-state index contributed by atoms with van der Waals surface area (Å²) in [5.74, 6) is 1.04. The van der Waals surface area contributed by atoms with Crippen LogP contribution in [0.25, 0.3) is 6.08 Å². The summed E-state index contributed by atoms with van der Waals surface area (Å²) in [6.07, 6.45) is 6.72. The summed E-state index contributed by atoms with van der Waals surface area (Å²) < 4.78 is 5.45. The molecule has 5 nitrogen and oxygen atoms in total. The van der Waals surface area contributed by atoms with Crippen molar-refractivity contribution in [1.82, 2.24) is 9.88 Å². The number of anilines is 1. The maximum Gasteiger partial charge on any atom is 0.410 e. The van der Waals surface area contributed by atoms with Crippen LogP contribution in [0.1, 0.15) is 45.7 Å². The van der Waals surface area contributed by atoms with Gasteiger partial charge in [-0.25, -0.2) is 9.78 Å². The molecule has 0 aromatic carbocycles. The van der Waals surface area contributed by atoms with E-state index in [0.29, 0.717) is 13.1 Å². The van der Waals surface area contributed by atoms with Gasteiger partial charge in [-0.1, -0.05) is 19.1 Å². The highest BCUT2D eigenvalue weighted by atomic mass is 16.6. The molecule has 2 rings (SSSR count). The monoisotopic (exact) mass is 331 g/mol. The van der Waals surface area contributed by atoms with Gasteiger partial charge in [-0.15, -0.1) is 0 Å². The lowest BCUT2D eigenvalue weighted by Crippen LogP contribution is -2.50. The molecule has 0 radical (unpaired) electrons. The molecule has 0 aliphatic carbocycles. The van der Waals surface area contributed by atoms with Crippen LogP contribution in [0.15, 0.2) is 18.3 Å². The van der Waals surface area contributed by atoms with Crippen molar-refractivity contribution < 1.29 is 9.53 Å². The second-order valence-corrected chi connectivity index (χ2v) is 7.06. The number of carbonyl (C=O) groups is 1. The van der Waals surface area contributed by atoms with Crippen molar-refractivity contribution in [2.75, 3.05) is 31.1 Å². The molecule has 24 heavy (non-hydrogen) atoms. The van der Waals surface area contributed by atoms with Crippen LogP contribution in [-0.2, 0) is 11.2 Å². The van der Waals surface area contributed by atoms with E-state index in [1.165, 1.54) is 5.56 Å². The first-order valence-electron chi connectivity index (χ1n) is 8.68. The van der Waals surface area contributed by atoms with Crippen molar-refractivity contribution in [1.29, 1.82) is 0 Å². The van der Waals surface area contributed by atoms with Crippen LogP contribution in [0, 0.1) is 0 Å². The van der Waals surface area contributed by atoms with E-state index in [1.807, 2.05) is 40.0 Å². The van der Waals surface area contributed by atoms with Gasteiger partial charge in [-0.3, -0.25) is 0 Å². The number of piperazine rings is 1. The first-order valence-corrected chi connectivity index (χ1v) is 8.68. The summed E-state index contributed by atoms with van der Waals surface area (Å²) >= 11 is 0. The number of carbonyl (C=O) groups excluding carboxylic acids is 1. The zero-order chi connectivity index (χ0) is 17.7. The third kappa shape index (κ3) is 4.73. The third-order valence-corrected chi connectivity index (χ3v) is 3.93. The Morgan fingerprint density at radius 1 is 1.29 bits per heavy atom. The van der Waals surface area contributed by atoms with Gasteiger partial charge in [-0.2, -0.15) is 0 Å². The van der Waals surface area contributed by atoms with Crippen molar-refractivity contribution in [2.24, 2.45) is 0 Å². The van der Waals surface area contributed by atoms with Gasteiger partial charge in [0.1, 0.15) is 11.4 Å². The second kappa shape index (κ2) is 7.69. The van der Waals surface area contributed by atoms with Gasteiger partial charge in [0.05, 0.1) is 0 Å². The molecule has 1 fully saturated rings. The van der Waals surface area contributed by atoms with Gasteiger partial charge < -0.3 is 14.5 Å². The topological polar surface area (TPSA) is 45.7 Å². The lowest BCUT2D eigenvalue weighted by atomic mass is 10.1. The fourth-order valence-corrected chi connectivity index (χ4v) is 2.78. The van der Waals surface area contributed by atoms with Crippen molar-refractivity contribution in [3.8, 4) is 0 Å². The number of amides is 1. The fraction of sp³-hybridized carbons (Fsp3) is 0.579.